The van der Waals surface area contributed by atoms with E-state index >= 15 is 0 Å². The van der Waals surface area contributed by atoms with Gasteiger partial charge in [-0.3, -0.25) is 14.6 Å². The lowest BCUT2D eigenvalue weighted by Crippen LogP contribution is -2.38. The van der Waals surface area contributed by atoms with E-state index in [2.05, 4.69) is 28.9 Å². The minimum atomic E-state index is -3.15. The molecule has 0 radical (unpaired) electrons. The summed E-state index contributed by atoms with van der Waals surface area (Å²) >= 11 is 0. The molecule has 0 N–H and O–H groups in total. The summed E-state index contributed by atoms with van der Waals surface area (Å²) < 4.78 is 27.0. The van der Waals surface area contributed by atoms with Crippen LogP contribution in [0.2, 0.25) is 0 Å². The standard InChI is InChI=1S/C16H23N5O2S/c1-12(2)21-16(6-7-19-21)15-10-17-14(9-18-15)13-5-4-8-20(11-13)24(3,22)23/h6-7,9-10,12-13H,4-5,8,11H2,1-3H3/t13-/m0/s1. The molecule has 1 aliphatic heterocycles. The summed E-state index contributed by atoms with van der Waals surface area (Å²) in [6.07, 6.45) is 8.33. The van der Waals surface area contributed by atoms with E-state index in [0.717, 1.165) is 29.9 Å². The second kappa shape index (κ2) is 6.60. The van der Waals surface area contributed by atoms with E-state index in [0.29, 0.717) is 13.1 Å². The Labute approximate surface area is 142 Å². The Hall–Kier alpha value is -1.80. The molecule has 1 aliphatic rings. The highest BCUT2D eigenvalue weighted by Crippen LogP contribution is 2.27. The molecule has 1 fully saturated rings. The van der Waals surface area contributed by atoms with E-state index in [4.69, 9.17) is 0 Å². The van der Waals surface area contributed by atoms with Gasteiger partial charge in [0, 0.05) is 37.4 Å². The molecule has 0 aromatic carbocycles. The average Bonchev–Trinajstić information content (AvgIpc) is 3.04. The fourth-order valence-corrected chi connectivity index (χ4v) is 4.01. The van der Waals surface area contributed by atoms with Gasteiger partial charge in [0.15, 0.2) is 0 Å². The Kier molecular flexibility index (Phi) is 4.69. The topological polar surface area (TPSA) is 81.0 Å². The Morgan fingerprint density at radius 1 is 1.25 bits per heavy atom. The summed E-state index contributed by atoms with van der Waals surface area (Å²) in [7, 11) is -3.15. The van der Waals surface area contributed by atoms with Crippen molar-refractivity contribution < 1.29 is 8.42 Å². The van der Waals surface area contributed by atoms with Gasteiger partial charge in [0.25, 0.3) is 0 Å². The van der Waals surface area contributed by atoms with Gasteiger partial charge in [-0.2, -0.15) is 5.10 Å². The number of sulfonamides is 1. The SMILES string of the molecule is CC(C)n1nccc1-c1cnc([C@H]2CCCN(S(C)(=O)=O)C2)cn1. The predicted molar refractivity (Wildman–Crippen MR) is 92.0 cm³/mol. The Morgan fingerprint density at radius 2 is 2.04 bits per heavy atom. The largest absolute Gasteiger partial charge is 0.261 e. The lowest BCUT2D eigenvalue weighted by atomic mass is 9.96. The van der Waals surface area contributed by atoms with Crippen molar-refractivity contribution in [3.63, 3.8) is 0 Å². The minimum Gasteiger partial charge on any atom is -0.261 e. The average molecular weight is 349 g/mol. The first-order valence-corrected chi connectivity index (χ1v) is 10.0. The van der Waals surface area contributed by atoms with Gasteiger partial charge in [-0.15, -0.1) is 0 Å². The second-order valence-electron chi connectivity index (χ2n) is 6.54. The number of rotatable bonds is 4. The fraction of sp³-hybridized carbons (Fsp3) is 0.562. The van der Waals surface area contributed by atoms with Crippen molar-refractivity contribution in [2.45, 2.75) is 38.6 Å². The van der Waals surface area contributed by atoms with Crippen LogP contribution < -0.4 is 0 Å². The van der Waals surface area contributed by atoms with Crippen LogP contribution in [0.4, 0.5) is 0 Å². The highest BCUT2D eigenvalue weighted by atomic mass is 32.2. The van der Waals surface area contributed by atoms with Crippen molar-refractivity contribution in [3.8, 4) is 11.4 Å². The summed E-state index contributed by atoms with van der Waals surface area (Å²) in [5, 5.41) is 4.32. The molecule has 0 spiro atoms. The summed E-state index contributed by atoms with van der Waals surface area (Å²) in [4.78, 5) is 9.09. The number of nitrogens with zero attached hydrogens (tertiary/aromatic N) is 5. The monoisotopic (exact) mass is 349 g/mol. The third-order valence-corrected chi connectivity index (χ3v) is 5.63. The zero-order chi connectivity index (χ0) is 17.3. The van der Waals surface area contributed by atoms with Crippen molar-refractivity contribution in [3.05, 3.63) is 30.4 Å². The normalized spacial score (nSPS) is 19.8. The summed E-state index contributed by atoms with van der Waals surface area (Å²) in [6.45, 7) is 5.21. The highest BCUT2D eigenvalue weighted by Gasteiger charge is 2.27. The number of aromatic nitrogens is 4. The molecule has 130 valence electrons. The van der Waals surface area contributed by atoms with Gasteiger partial charge in [0.05, 0.1) is 23.8 Å². The van der Waals surface area contributed by atoms with Crippen LogP contribution in [0, 0.1) is 0 Å². The van der Waals surface area contributed by atoms with Crippen molar-refractivity contribution in [2.24, 2.45) is 0 Å². The minimum absolute atomic E-state index is 0.102. The molecule has 8 heteroatoms. The van der Waals surface area contributed by atoms with Gasteiger partial charge in [0.1, 0.15) is 5.69 Å². The van der Waals surface area contributed by atoms with Gasteiger partial charge < -0.3 is 0 Å². The van der Waals surface area contributed by atoms with Crippen molar-refractivity contribution in [1.29, 1.82) is 0 Å². The van der Waals surface area contributed by atoms with E-state index in [-0.39, 0.29) is 12.0 Å². The number of hydrogen-bond acceptors (Lipinski definition) is 5. The molecule has 0 saturated carbocycles. The molecule has 3 rings (SSSR count). The molecule has 2 aromatic heterocycles. The van der Waals surface area contributed by atoms with Gasteiger partial charge >= 0.3 is 0 Å². The summed E-state index contributed by atoms with van der Waals surface area (Å²) in [5.74, 6) is 0.102. The lowest BCUT2D eigenvalue weighted by molar-refractivity contribution is 0.314. The van der Waals surface area contributed by atoms with Crippen LogP contribution in [-0.2, 0) is 10.0 Å². The molecule has 0 amide bonds. The maximum Gasteiger partial charge on any atom is 0.211 e. The molecule has 1 atom stereocenters. The van der Waals surface area contributed by atoms with Crippen molar-refractivity contribution >= 4 is 10.0 Å². The van der Waals surface area contributed by atoms with Gasteiger partial charge in [-0.1, -0.05) is 0 Å². The zero-order valence-corrected chi connectivity index (χ0v) is 15.1. The molecule has 7 nitrogen and oxygen atoms in total. The molecule has 2 aromatic rings. The third kappa shape index (κ3) is 3.49. The lowest BCUT2D eigenvalue weighted by Gasteiger charge is -2.30. The summed E-state index contributed by atoms with van der Waals surface area (Å²) in [6, 6.07) is 2.17. The molecule has 24 heavy (non-hydrogen) atoms. The Morgan fingerprint density at radius 3 is 2.67 bits per heavy atom. The van der Waals surface area contributed by atoms with Crippen LogP contribution >= 0.6 is 0 Å². The molecule has 0 unspecified atom stereocenters. The molecular weight excluding hydrogens is 326 g/mol. The van der Waals surface area contributed by atoms with Crippen molar-refractivity contribution in [2.75, 3.05) is 19.3 Å². The van der Waals surface area contributed by atoms with E-state index in [9.17, 15) is 8.42 Å². The first-order chi connectivity index (χ1) is 11.4. The van der Waals surface area contributed by atoms with E-state index in [1.54, 1.807) is 18.6 Å². The van der Waals surface area contributed by atoms with Crippen molar-refractivity contribution in [1.82, 2.24) is 24.1 Å². The quantitative estimate of drug-likeness (QED) is 0.844. The second-order valence-corrected chi connectivity index (χ2v) is 8.52. The van der Waals surface area contributed by atoms with Gasteiger partial charge in [0.2, 0.25) is 10.0 Å². The van der Waals surface area contributed by atoms with E-state index in [1.807, 2.05) is 10.7 Å². The molecule has 0 aliphatic carbocycles. The van der Waals surface area contributed by atoms with Crippen LogP contribution in [0.1, 0.15) is 44.3 Å². The van der Waals surface area contributed by atoms with Crippen LogP contribution in [0.15, 0.2) is 24.7 Å². The molecular formula is C16H23N5O2S. The van der Waals surface area contributed by atoms with Crippen LogP contribution in [0.25, 0.3) is 11.4 Å². The maximum absolute atomic E-state index is 11.8. The van der Waals surface area contributed by atoms with Gasteiger partial charge in [-0.25, -0.2) is 12.7 Å². The van der Waals surface area contributed by atoms with E-state index < -0.39 is 10.0 Å². The van der Waals surface area contributed by atoms with Crippen LogP contribution in [-0.4, -0.2) is 51.8 Å². The molecule has 1 saturated heterocycles. The highest BCUT2D eigenvalue weighted by molar-refractivity contribution is 7.88. The first-order valence-electron chi connectivity index (χ1n) is 8.17. The van der Waals surface area contributed by atoms with Crippen LogP contribution in [0.5, 0.6) is 0 Å². The Balaban J connectivity index is 1.81. The summed E-state index contributed by atoms with van der Waals surface area (Å²) in [5.41, 5.74) is 2.56. The third-order valence-electron chi connectivity index (χ3n) is 4.37. The predicted octanol–water partition coefficient (Wildman–Crippen LogP) is 2.06. The number of hydrogen-bond donors (Lipinski definition) is 0. The van der Waals surface area contributed by atoms with Gasteiger partial charge in [-0.05, 0) is 32.8 Å². The fourth-order valence-electron chi connectivity index (χ4n) is 3.09. The molecule has 0 bridgehead atoms. The Bertz CT molecular complexity index is 798. The molecule has 3 heterocycles. The maximum atomic E-state index is 11.8. The smallest absolute Gasteiger partial charge is 0.211 e. The van der Waals surface area contributed by atoms with E-state index in [1.165, 1.54) is 10.6 Å². The zero-order valence-electron chi connectivity index (χ0n) is 14.3. The number of piperidine rings is 1. The first kappa shape index (κ1) is 17.0. The van der Waals surface area contributed by atoms with Crippen LogP contribution in [0.3, 0.4) is 0 Å².